The Morgan fingerprint density at radius 1 is 1.04 bits per heavy atom. The van der Waals surface area contributed by atoms with E-state index in [9.17, 15) is 4.79 Å². The minimum atomic E-state index is 0.0595. The molecule has 9 nitrogen and oxygen atoms in total. The quantitative estimate of drug-likeness (QED) is 0.671. The molecule has 28 heavy (non-hydrogen) atoms. The minimum absolute atomic E-state index is 0.0595. The van der Waals surface area contributed by atoms with E-state index in [0.717, 1.165) is 35.7 Å². The van der Waals surface area contributed by atoms with Crippen LogP contribution in [0.2, 0.25) is 0 Å². The fourth-order valence-corrected chi connectivity index (χ4v) is 3.34. The van der Waals surface area contributed by atoms with Gasteiger partial charge in [-0.05, 0) is 42.0 Å². The Morgan fingerprint density at radius 2 is 1.79 bits per heavy atom. The molecule has 1 aromatic carbocycles. The number of piperazine rings is 1. The van der Waals surface area contributed by atoms with Crippen molar-refractivity contribution >= 4 is 11.7 Å². The van der Waals surface area contributed by atoms with Gasteiger partial charge in [0.25, 0.3) is 5.91 Å². The van der Waals surface area contributed by atoms with Gasteiger partial charge in [-0.25, -0.2) is 14.6 Å². The summed E-state index contributed by atoms with van der Waals surface area (Å²) in [4.78, 5) is 25.6. The van der Waals surface area contributed by atoms with E-state index in [-0.39, 0.29) is 5.91 Å². The lowest BCUT2D eigenvalue weighted by Gasteiger charge is -2.36. The maximum Gasteiger partial charge on any atom is 0.253 e. The fraction of sp³-hybridized carbons (Fsp3) is 0.368. The van der Waals surface area contributed by atoms with E-state index in [1.165, 1.54) is 0 Å². The number of aryl methyl sites for hydroxylation is 1. The molecular formula is C19H22N8O. The third-order valence-electron chi connectivity index (χ3n) is 5.11. The summed E-state index contributed by atoms with van der Waals surface area (Å²) in [5.41, 5.74) is 3.83. The lowest BCUT2D eigenvalue weighted by molar-refractivity contribution is 0.0746. The van der Waals surface area contributed by atoms with E-state index in [1.54, 1.807) is 17.3 Å². The molecule has 0 atom stereocenters. The third kappa shape index (κ3) is 3.68. The standard InChI is InChI=1S/C19H22N8O/c1-14-15(2)20-12-21-18(14)25-7-9-26(10-8-25)19(28)17-5-3-16(4-6-17)11-27-13-22-23-24-27/h3-6,12-13H,7-11H2,1-2H3. The molecule has 1 aliphatic heterocycles. The van der Waals surface area contributed by atoms with Crippen molar-refractivity contribution in [3.05, 3.63) is 59.3 Å². The van der Waals surface area contributed by atoms with Crippen molar-refractivity contribution in [3.63, 3.8) is 0 Å². The zero-order chi connectivity index (χ0) is 19.5. The van der Waals surface area contributed by atoms with Gasteiger partial charge in [0.1, 0.15) is 18.5 Å². The van der Waals surface area contributed by atoms with Crippen LogP contribution in [0, 0.1) is 13.8 Å². The highest BCUT2D eigenvalue weighted by atomic mass is 16.2. The second kappa shape index (κ2) is 7.71. The number of rotatable bonds is 4. The third-order valence-corrected chi connectivity index (χ3v) is 5.11. The van der Waals surface area contributed by atoms with Crippen LogP contribution >= 0.6 is 0 Å². The van der Waals surface area contributed by atoms with Gasteiger partial charge in [-0.15, -0.1) is 5.10 Å². The number of nitrogens with zero attached hydrogens (tertiary/aromatic N) is 8. The normalized spacial score (nSPS) is 14.4. The van der Waals surface area contributed by atoms with Crippen molar-refractivity contribution in [2.75, 3.05) is 31.1 Å². The Hall–Kier alpha value is -3.36. The van der Waals surface area contributed by atoms with Gasteiger partial charge in [-0.3, -0.25) is 4.79 Å². The van der Waals surface area contributed by atoms with Gasteiger partial charge in [0.05, 0.1) is 6.54 Å². The molecule has 0 unspecified atom stereocenters. The number of carbonyl (C=O) groups excluding carboxylic acids is 1. The predicted molar refractivity (Wildman–Crippen MR) is 103 cm³/mol. The zero-order valence-corrected chi connectivity index (χ0v) is 16.0. The van der Waals surface area contributed by atoms with E-state index in [0.29, 0.717) is 25.2 Å². The summed E-state index contributed by atoms with van der Waals surface area (Å²) in [6.07, 6.45) is 3.17. The molecule has 1 amide bonds. The SMILES string of the molecule is Cc1ncnc(N2CCN(C(=O)c3ccc(Cn4cnnn4)cc3)CC2)c1C. The first kappa shape index (κ1) is 18.0. The number of benzene rings is 1. The van der Waals surface area contributed by atoms with Crippen molar-refractivity contribution in [2.45, 2.75) is 20.4 Å². The molecule has 4 rings (SSSR count). The summed E-state index contributed by atoms with van der Waals surface area (Å²) in [6, 6.07) is 7.62. The molecule has 3 heterocycles. The van der Waals surface area contributed by atoms with Crippen LogP contribution in [0.3, 0.4) is 0 Å². The van der Waals surface area contributed by atoms with Gasteiger partial charge >= 0.3 is 0 Å². The Bertz CT molecular complexity index is 947. The molecule has 0 saturated carbocycles. The maximum absolute atomic E-state index is 12.8. The largest absolute Gasteiger partial charge is 0.353 e. The molecule has 0 spiro atoms. The first-order chi connectivity index (χ1) is 13.6. The summed E-state index contributed by atoms with van der Waals surface area (Å²) < 4.78 is 1.65. The highest BCUT2D eigenvalue weighted by Gasteiger charge is 2.24. The zero-order valence-electron chi connectivity index (χ0n) is 16.0. The number of amides is 1. The van der Waals surface area contributed by atoms with E-state index < -0.39 is 0 Å². The Labute approximate surface area is 163 Å². The number of hydrogen-bond acceptors (Lipinski definition) is 7. The molecule has 0 bridgehead atoms. The lowest BCUT2D eigenvalue weighted by atomic mass is 10.1. The van der Waals surface area contributed by atoms with Crippen LogP contribution in [0.1, 0.15) is 27.2 Å². The summed E-state index contributed by atoms with van der Waals surface area (Å²) in [7, 11) is 0. The highest BCUT2D eigenvalue weighted by molar-refractivity contribution is 5.94. The van der Waals surface area contributed by atoms with Crippen LogP contribution in [0.5, 0.6) is 0 Å². The summed E-state index contributed by atoms with van der Waals surface area (Å²) in [6.45, 7) is 7.49. The molecule has 1 saturated heterocycles. The second-order valence-electron chi connectivity index (χ2n) is 6.89. The van der Waals surface area contributed by atoms with Gasteiger partial charge in [0.15, 0.2) is 0 Å². The predicted octanol–water partition coefficient (Wildman–Crippen LogP) is 1.09. The van der Waals surface area contributed by atoms with Crippen LogP contribution in [0.15, 0.2) is 36.9 Å². The second-order valence-corrected chi connectivity index (χ2v) is 6.89. The summed E-state index contributed by atoms with van der Waals surface area (Å²) in [5, 5.41) is 11.1. The minimum Gasteiger partial charge on any atom is -0.353 e. The molecule has 1 aliphatic rings. The molecule has 3 aromatic rings. The number of tetrazole rings is 1. The molecule has 0 radical (unpaired) electrons. The van der Waals surface area contributed by atoms with Crippen LogP contribution in [0.4, 0.5) is 5.82 Å². The Kier molecular flexibility index (Phi) is 4.96. The number of aromatic nitrogens is 6. The fourth-order valence-electron chi connectivity index (χ4n) is 3.34. The smallest absolute Gasteiger partial charge is 0.253 e. The van der Waals surface area contributed by atoms with Crippen molar-refractivity contribution < 1.29 is 4.79 Å². The number of hydrogen-bond donors (Lipinski definition) is 0. The van der Waals surface area contributed by atoms with Gasteiger partial charge in [0.2, 0.25) is 0 Å². The van der Waals surface area contributed by atoms with Gasteiger partial charge in [0, 0.05) is 43.0 Å². The molecular weight excluding hydrogens is 356 g/mol. The molecule has 0 N–H and O–H groups in total. The van der Waals surface area contributed by atoms with Gasteiger partial charge in [-0.1, -0.05) is 12.1 Å². The topological polar surface area (TPSA) is 92.9 Å². The average Bonchev–Trinajstić information content (AvgIpc) is 3.23. The van der Waals surface area contributed by atoms with Crippen molar-refractivity contribution in [1.29, 1.82) is 0 Å². The van der Waals surface area contributed by atoms with Crippen LogP contribution in [0.25, 0.3) is 0 Å². The highest BCUT2D eigenvalue weighted by Crippen LogP contribution is 2.20. The molecule has 9 heteroatoms. The first-order valence-electron chi connectivity index (χ1n) is 9.24. The average molecular weight is 378 g/mol. The number of carbonyl (C=O) groups is 1. The van der Waals surface area contributed by atoms with Crippen LogP contribution < -0.4 is 4.90 Å². The van der Waals surface area contributed by atoms with Gasteiger partial charge < -0.3 is 9.80 Å². The van der Waals surface area contributed by atoms with E-state index in [4.69, 9.17) is 0 Å². The van der Waals surface area contributed by atoms with E-state index >= 15 is 0 Å². The summed E-state index contributed by atoms with van der Waals surface area (Å²) in [5.74, 6) is 1.02. The van der Waals surface area contributed by atoms with Crippen LogP contribution in [-0.4, -0.2) is 67.2 Å². The van der Waals surface area contributed by atoms with Crippen molar-refractivity contribution in [3.8, 4) is 0 Å². The molecule has 1 fully saturated rings. The van der Waals surface area contributed by atoms with Crippen molar-refractivity contribution in [2.24, 2.45) is 0 Å². The molecule has 0 aliphatic carbocycles. The maximum atomic E-state index is 12.8. The Morgan fingerprint density at radius 3 is 2.46 bits per heavy atom. The first-order valence-corrected chi connectivity index (χ1v) is 9.24. The number of anilines is 1. The lowest BCUT2D eigenvalue weighted by Crippen LogP contribution is -2.49. The molecule has 144 valence electrons. The van der Waals surface area contributed by atoms with Crippen molar-refractivity contribution in [1.82, 2.24) is 35.1 Å². The van der Waals surface area contributed by atoms with Crippen LogP contribution in [-0.2, 0) is 6.54 Å². The van der Waals surface area contributed by atoms with Gasteiger partial charge in [-0.2, -0.15) is 0 Å². The van der Waals surface area contributed by atoms with E-state index in [1.807, 2.05) is 43.0 Å². The molecule has 2 aromatic heterocycles. The van der Waals surface area contributed by atoms with E-state index in [2.05, 4.69) is 30.4 Å². The monoisotopic (exact) mass is 378 g/mol. The Balaban J connectivity index is 1.38. The summed E-state index contributed by atoms with van der Waals surface area (Å²) >= 11 is 0.